The lowest BCUT2D eigenvalue weighted by atomic mass is 10.1. The van der Waals surface area contributed by atoms with Crippen LogP contribution in [0.2, 0.25) is 0 Å². The molecule has 20 heavy (non-hydrogen) atoms. The highest BCUT2D eigenvalue weighted by atomic mass is 19.3. The SMILES string of the molecule is O=C(O)c1ccc(OCC(F)(F)c2ccccc2)cn1. The Labute approximate surface area is 113 Å². The van der Waals surface area contributed by atoms with Gasteiger partial charge in [-0.2, -0.15) is 8.78 Å². The Morgan fingerprint density at radius 1 is 1.20 bits per heavy atom. The first kappa shape index (κ1) is 13.9. The Balaban J connectivity index is 2.03. The molecule has 0 spiro atoms. The van der Waals surface area contributed by atoms with Crippen molar-refractivity contribution >= 4 is 5.97 Å². The van der Waals surface area contributed by atoms with E-state index in [2.05, 4.69) is 4.98 Å². The lowest BCUT2D eigenvalue weighted by Crippen LogP contribution is -2.23. The Kier molecular flexibility index (Phi) is 3.93. The predicted octanol–water partition coefficient (Wildman–Crippen LogP) is 2.95. The van der Waals surface area contributed by atoms with Crippen LogP contribution in [0.3, 0.4) is 0 Å². The Hall–Kier alpha value is -2.50. The average Bonchev–Trinajstić information content (AvgIpc) is 2.46. The van der Waals surface area contributed by atoms with Crippen molar-refractivity contribution in [3.63, 3.8) is 0 Å². The van der Waals surface area contributed by atoms with Crippen molar-refractivity contribution in [1.82, 2.24) is 4.98 Å². The zero-order valence-corrected chi connectivity index (χ0v) is 10.3. The van der Waals surface area contributed by atoms with Crippen molar-refractivity contribution < 1.29 is 23.4 Å². The van der Waals surface area contributed by atoms with Crippen LogP contribution in [0.1, 0.15) is 16.1 Å². The van der Waals surface area contributed by atoms with Crippen molar-refractivity contribution in [2.75, 3.05) is 6.61 Å². The third-order valence-corrected chi connectivity index (χ3v) is 2.57. The standard InChI is InChI=1S/C14H11F2NO3/c15-14(16,10-4-2-1-3-5-10)9-20-11-6-7-12(13(18)19)17-8-11/h1-8H,9H2,(H,18,19). The third kappa shape index (κ3) is 3.28. The van der Waals surface area contributed by atoms with Crippen LogP contribution in [-0.4, -0.2) is 22.7 Å². The lowest BCUT2D eigenvalue weighted by molar-refractivity contribution is -0.0468. The van der Waals surface area contributed by atoms with Gasteiger partial charge >= 0.3 is 11.9 Å². The van der Waals surface area contributed by atoms with E-state index in [9.17, 15) is 13.6 Å². The molecule has 0 radical (unpaired) electrons. The van der Waals surface area contributed by atoms with Gasteiger partial charge in [-0.3, -0.25) is 0 Å². The van der Waals surface area contributed by atoms with E-state index in [-0.39, 0.29) is 17.0 Å². The maximum Gasteiger partial charge on any atom is 0.354 e. The van der Waals surface area contributed by atoms with Gasteiger partial charge < -0.3 is 9.84 Å². The fourth-order valence-electron chi connectivity index (χ4n) is 1.53. The van der Waals surface area contributed by atoms with Gasteiger partial charge in [-0.1, -0.05) is 30.3 Å². The number of ether oxygens (including phenoxy) is 1. The number of halogens is 2. The number of carboxylic acid groups (broad SMARTS) is 1. The summed E-state index contributed by atoms with van der Waals surface area (Å²) in [6.45, 7) is -0.842. The Bertz CT molecular complexity index is 585. The van der Waals surface area contributed by atoms with E-state index in [4.69, 9.17) is 9.84 Å². The highest BCUT2D eigenvalue weighted by Gasteiger charge is 2.32. The topological polar surface area (TPSA) is 59.4 Å². The molecule has 0 unspecified atom stereocenters. The van der Waals surface area contributed by atoms with Crippen LogP contribution in [0.4, 0.5) is 8.78 Å². The maximum atomic E-state index is 13.8. The minimum atomic E-state index is -3.13. The van der Waals surface area contributed by atoms with Crippen molar-refractivity contribution in [1.29, 1.82) is 0 Å². The van der Waals surface area contributed by atoms with Crippen LogP contribution in [-0.2, 0) is 5.92 Å². The molecule has 4 nitrogen and oxygen atoms in total. The van der Waals surface area contributed by atoms with E-state index in [1.807, 2.05) is 0 Å². The Morgan fingerprint density at radius 3 is 2.45 bits per heavy atom. The molecule has 104 valence electrons. The number of benzene rings is 1. The number of hydrogen-bond acceptors (Lipinski definition) is 3. The highest BCUT2D eigenvalue weighted by Crippen LogP contribution is 2.28. The molecule has 1 aromatic heterocycles. The minimum absolute atomic E-state index is 0.0885. The summed E-state index contributed by atoms with van der Waals surface area (Å²) in [5, 5.41) is 8.66. The fourth-order valence-corrected chi connectivity index (χ4v) is 1.53. The third-order valence-electron chi connectivity index (χ3n) is 2.57. The minimum Gasteiger partial charge on any atom is -0.485 e. The molecular formula is C14H11F2NO3. The van der Waals surface area contributed by atoms with Crippen LogP contribution in [0.25, 0.3) is 0 Å². The normalized spacial score (nSPS) is 11.1. The number of aromatic nitrogens is 1. The number of carbonyl (C=O) groups is 1. The summed E-state index contributed by atoms with van der Waals surface area (Å²) in [5.74, 6) is -4.23. The molecule has 0 bridgehead atoms. The average molecular weight is 279 g/mol. The molecule has 1 aromatic carbocycles. The first-order chi connectivity index (χ1) is 9.49. The maximum absolute atomic E-state index is 13.8. The second-order valence-corrected chi connectivity index (χ2v) is 4.04. The fraction of sp³-hybridized carbons (Fsp3) is 0.143. The second-order valence-electron chi connectivity index (χ2n) is 4.04. The van der Waals surface area contributed by atoms with Crippen molar-refractivity contribution in [2.24, 2.45) is 0 Å². The predicted molar refractivity (Wildman–Crippen MR) is 67.0 cm³/mol. The number of hydrogen-bond donors (Lipinski definition) is 1. The first-order valence-electron chi connectivity index (χ1n) is 5.74. The molecule has 1 heterocycles. The van der Waals surface area contributed by atoms with Gasteiger partial charge in [0.25, 0.3) is 0 Å². The van der Waals surface area contributed by atoms with E-state index in [1.54, 1.807) is 6.07 Å². The van der Waals surface area contributed by atoms with E-state index in [0.29, 0.717) is 0 Å². The summed E-state index contributed by atoms with van der Waals surface area (Å²) in [7, 11) is 0. The zero-order valence-electron chi connectivity index (χ0n) is 10.3. The lowest BCUT2D eigenvalue weighted by Gasteiger charge is -2.17. The number of nitrogens with zero attached hydrogens (tertiary/aromatic N) is 1. The van der Waals surface area contributed by atoms with Crippen molar-refractivity contribution in [3.8, 4) is 5.75 Å². The molecule has 0 atom stereocenters. The van der Waals surface area contributed by atoms with Crippen LogP contribution >= 0.6 is 0 Å². The van der Waals surface area contributed by atoms with Crippen LogP contribution in [0, 0.1) is 0 Å². The van der Waals surface area contributed by atoms with Gasteiger partial charge in [0, 0.05) is 5.56 Å². The largest absolute Gasteiger partial charge is 0.485 e. The molecular weight excluding hydrogens is 268 g/mol. The van der Waals surface area contributed by atoms with Gasteiger partial charge in [0.15, 0.2) is 6.61 Å². The molecule has 6 heteroatoms. The smallest absolute Gasteiger partial charge is 0.354 e. The first-order valence-corrected chi connectivity index (χ1v) is 5.74. The van der Waals surface area contributed by atoms with Gasteiger partial charge in [0.05, 0.1) is 6.20 Å². The van der Waals surface area contributed by atoms with Gasteiger partial charge in [-0.15, -0.1) is 0 Å². The molecule has 0 aliphatic heterocycles. The van der Waals surface area contributed by atoms with E-state index in [1.165, 1.54) is 36.4 Å². The molecule has 0 aliphatic rings. The molecule has 2 rings (SSSR count). The molecule has 1 N–H and O–H groups in total. The van der Waals surface area contributed by atoms with Crippen molar-refractivity contribution in [3.05, 3.63) is 59.9 Å². The quantitative estimate of drug-likeness (QED) is 0.914. The molecule has 0 saturated heterocycles. The molecule has 2 aromatic rings. The number of alkyl halides is 2. The zero-order chi connectivity index (χ0) is 14.6. The van der Waals surface area contributed by atoms with Crippen LogP contribution in [0.15, 0.2) is 48.7 Å². The van der Waals surface area contributed by atoms with Crippen molar-refractivity contribution in [2.45, 2.75) is 5.92 Å². The molecule has 0 saturated carbocycles. The number of carboxylic acids is 1. The highest BCUT2D eigenvalue weighted by molar-refractivity contribution is 5.85. The summed E-state index contributed by atoms with van der Waals surface area (Å²) >= 11 is 0. The summed E-state index contributed by atoms with van der Waals surface area (Å²) < 4.78 is 32.6. The van der Waals surface area contributed by atoms with Gasteiger partial charge in [0.2, 0.25) is 0 Å². The molecule has 0 aliphatic carbocycles. The summed E-state index contributed by atoms with van der Waals surface area (Å²) in [4.78, 5) is 14.2. The summed E-state index contributed by atoms with van der Waals surface area (Å²) in [6.07, 6.45) is 1.10. The summed E-state index contributed by atoms with van der Waals surface area (Å²) in [5.41, 5.74) is -0.317. The Morgan fingerprint density at radius 2 is 1.90 bits per heavy atom. The van der Waals surface area contributed by atoms with E-state index >= 15 is 0 Å². The van der Waals surface area contributed by atoms with Gasteiger partial charge in [-0.05, 0) is 12.1 Å². The van der Waals surface area contributed by atoms with E-state index in [0.717, 1.165) is 6.20 Å². The van der Waals surface area contributed by atoms with Crippen LogP contribution < -0.4 is 4.74 Å². The molecule has 0 amide bonds. The number of rotatable bonds is 5. The monoisotopic (exact) mass is 279 g/mol. The number of aromatic carboxylic acids is 1. The van der Waals surface area contributed by atoms with E-state index < -0.39 is 18.5 Å². The molecule has 0 fully saturated rings. The second kappa shape index (κ2) is 5.64. The number of pyridine rings is 1. The summed E-state index contributed by atoms with van der Waals surface area (Å²) in [6, 6.07) is 9.80. The van der Waals surface area contributed by atoms with Gasteiger partial charge in [0.1, 0.15) is 11.4 Å². The van der Waals surface area contributed by atoms with Gasteiger partial charge in [-0.25, -0.2) is 9.78 Å². The van der Waals surface area contributed by atoms with Crippen LogP contribution in [0.5, 0.6) is 5.75 Å².